The van der Waals surface area contributed by atoms with Crippen LogP contribution in [0.4, 0.5) is 10.2 Å². The number of carbonyl (C=O) groups is 1. The molecule has 5 N–H and O–H groups in total. The van der Waals surface area contributed by atoms with Crippen molar-refractivity contribution in [3.8, 4) is 22.5 Å². The maximum Gasteiger partial charge on any atom is 0.248 e. The molecule has 180 valence electrons. The van der Waals surface area contributed by atoms with Crippen molar-refractivity contribution in [2.75, 3.05) is 24.7 Å². The average molecular weight is 474 g/mol. The lowest BCUT2D eigenvalue weighted by Crippen LogP contribution is -2.40. The number of rotatable bonds is 7. The first-order valence-corrected chi connectivity index (χ1v) is 11.8. The van der Waals surface area contributed by atoms with E-state index in [0.29, 0.717) is 29.8 Å². The van der Waals surface area contributed by atoms with Crippen LogP contribution in [0.25, 0.3) is 33.4 Å². The van der Waals surface area contributed by atoms with E-state index >= 15 is 0 Å². The third-order valence-electron chi connectivity index (χ3n) is 6.58. The third-order valence-corrected chi connectivity index (χ3v) is 6.58. The molecule has 0 aliphatic carbocycles. The molecule has 2 aromatic carbocycles. The van der Waals surface area contributed by atoms with Crippen molar-refractivity contribution in [3.63, 3.8) is 0 Å². The number of hydrogen-bond donors (Lipinski definition) is 3. The molecule has 1 saturated heterocycles. The maximum atomic E-state index is 12.9. The lowest BCUT2D eigenvalue weighted by molar-refractivity contribution is 0.100. The van der Waals surface area contributed by atoms with Gasteiger partial charge in [-0.2, -0.15) is 5.10 Å². The summed E-state index contributed by atoms with van der Waals surface area (Å²) in [7, 11) is 0. The van der Waals surface area contributed by atoms with Gasteiger partial charge in [0, 0.05) is 30.1 Å². The van der Waals surface area contributed by atoms with Gasteiger partial charge in [-0.25, -0.2) is 4.98 Å². The number of nitrogens with two attached hydrogens (primary N) is 2. The van der Waals surface area contributed by atoms with Crippen molar-refractivity contribution in [2.45, 2.75) is 31.7 Å². The quantitative estimate of drug-likeness (QED) is 0.376. The van der Waals surface area contributed by atoms with Crippen molar-refractivity contribution in [3.05, 3.63) is 59.9 Å². The van der Waals surface area contributed by atoms with E-state index in [1.54, 1.807) is 24.5 Å². The van der Waals surface area contributed by atoms with Crippen LogP contribution in [0.3, 0.4) is 0 Å². The molecule has 0 unspecified atom stereocenters. The molecular formula is C26H28FN7O. The van der Waals surface area contributed by atoms with Crippen LogP contribution >= 0.6 is 0 Å². The summed E-state index contributed by atoms with van der Waals surface area (Å²) in [6, 6.07) is 11.5. The Morgan fingerprint density at radius 2 is 1.97 bits per heavy atom. The lowest BCUT2D eigenvalue weighted by Gasteiger charge is -2.30. The number of fused-ring (bicyclic) bond motifs is 1. The van der Waals surface area contributed by atoms with Gasteiger partial charge < -0.3 is 16.4 Å². The Bertz CT molecular complexity index is 1360. The molecule has 9 heteroatoms. The SMILES string of the molecule is NC(=O)c1ccc(CCCF)c(-c2ccc3[nH]nc(-c4cncc(N5CCC(N)CC5)n4)c3c2)c1. The number of hydrogen-bond acceptors (Lipinski definition) is 6. The summed E-state index contributed by atoms with van der Waals surface area (Å²) >= 11 is 0. The second-order valence-corrected chi connectivity index (χ2v) is 8.95. The van der Waals surface area contributed by atoms with Crippen LogP contribution < -0.4 is 16.4 Å². The molecule has 1 aliphatic rings. The molecule has 3 heterocycles. The molecule has 0 atom stereocenters. The van der Waals surface area contributed by atoms with Gasteiger partial charge in [-0.05, 0) is 66.6 Å². The molecule has 8 nitrogen and oxygen atoms in total. The minimum atomic E-state index is -0.501. The number of aromatic amines is 1. The number of H-pyrrole nitrogens is 1. The predicted molar refractivity (Wildman–Crippen MR) is 135 cm³/mol. The zero-order chi connectivity index (χ0) is 24.4. The maximum absolute atomic E-state index is 12.9. The monoisotopic (exact) mass is 473 g/mol. The molecule has 0 saturated carbocycles. The highest BCUT2D eigenvalue weighted by molar-refractivity contribution is 5.97. The van der Waals surface area contributed by atoms with Gasteiger partial charge in [0.1, 0.15) is 17.2 Å². The van der Waals surface area contributed by atoms with Gasteiger partial charge >= 0.3 is 0 Å². The number of halogens is 1. The first kappa shape index (κ1) is 22.9. The Morgan fingerprint density at radius 3 is 2.74 bits per heavy atom. The summed E-state index contributed by atoms with van der Waals surface area (Å²) in [6.45, 7) is 1.30. The number of piperidine rings is 1. The zero-order valence-electron chi connectivity index (χ0n) is 19.4. The molecule has 1 amide bonds. The molecule has 0 radical (unpaired) electrons. The number of benzene rings is 2. The highest BCUT2D eigenvalue weighted by Crippen LogP contribution is 2.33. The molecule has 1 aliphatic heterocycles. The Hall–Kier alpha value is -3.85. The summed E-state index contributed by atoms with van der Waals surface area (Å²) in [4.78, 5) is 23.3. The molecular weight excluding hydrogens is 445 g/mol. The van der Waals surface area contributed by atoms with Gasteiger partial charge in [0.2, 0.25) is 5.91 Å². The van der Waals surface area contributed by atoms with Gasteiger partial charge in [0.25, 0.3) is 0 Å². The number of alkyl halides is 1. The second kappa shape index (κ2) is 9.79. The van der Waals surface area contributed by atoms with Crippen molar-refractivity contribution >= 4 is 22.6 Å². The highest BCUT2D eigenvalue weighted by Gasteiger charge is 2.19. The van der Waals surface area contributed by atoms with Crippen molar-refractivity contribution in [1.82, 2.24) is 20.2 Å². The topological polar surface area (TPSA) is 127 Å². The minimum Gasteiger partial charge on any atom is -0.366 e. The van der Waals surface area contributed by atoms with E-state index in [1.807, 2.05) is 24.3 Å². The number of aromatic nitrogens is 4. The van der Waals surface area contributed by atoms with Crippen LogP contribution in [-0.4, -0.2) is 51.9 Å². The van der Waals surface area contributed by atoms with Crippen molar-refractivity contribution < 1.29 is 9.18 Å². The Kier molecular flexibility index (Phi) is 6.41. The first-order valence-electron chi connectivity index (χ1n) is 11.8. The van der Waals surface area contributed by atoms with Crippen molar-refractivity contribution in [2.24, 2.45) is 11.5 Å². The fraction of sp³-hybridized carbons (Fsp3) is 0.308. The standard InChI is InChI=1S/C26H28FN7O/c27-9-1-2-16-3-4-18(26(29)35)13-20(16)17-5-6-22-21(12-17)25(33-32-22)23-14-30-15-24(31-23)34-10-7-19(28)8-11-34/h3-6,12-15,19H,1-2,7-11,28H2,(H2,29,35)(H,32,33). The number of carbonyl (C=O) groups excluding carboxylic acids is 1. The van der Waals surface area contributed by atoms with Crippen LogP contribution in [0.5, 0.6) is 0 Å². The van der Waals surface area contributed by atoms with E-state index in [4.69, 9.17) is 16.5 Å². The summed E-state index contributed by atoms with van der Waals surface area (Å²) < 4.78 is 12.9. The second-order valence-electron chi connectivity index (χ2n) is 8.95. The van der Waals surface area contributed by atoms with Crippen LogP contribution in [-0.2, 0) is 6.42 Å². The van der Waals surface area contributed by atoms with Crippen LogP contribution in [0.2, 0.25) is 0 Å². The molecule has 5 rings (SSSR count). The van der Waals surface area contributed by atoms with Crippen LogP contribution in [0, 0.1) is 0 Å². The number of primary amides is 1. The summed E-state index contributed by atoms with van der Waals surface area (Å²) in [6.07, 6.45) is 6.31. The fourth-order valence-corrected chi connectivity index (χ4v) is 4.60. The van der Waals surface area contributed by atoms with E-state index in [-0.39, 0.29) is 6.04 Å². The number of nitrogens with one attached hydrogen (secondary N) is 1. The van der Waals surface area contributed by atoms with Crippen molar-refractivity contribution in [1.29, 1.82) is 0 Å². The third kappa shape index (κ3) is 4.72. The van der Waals surface area contributed by atoms with Crippen LogP contribution in [0.1, 0.15) is 35.2 Å². The minimum absolute atomic E-state index is 0.235. The van der Waals surface area contributed by atoms with E-state index < -0.39 is 12.6 Å². The number of amides is 1. The molecule has 4 aromatic rings. The number of anilines is 1. The lowest BCUT2D eigenvalue weighted by atomic mass is 9.93. The average Bonchev–Trinajstić information content (AvgIpc) is 3.31. The predicted octanol–water partition coefficient (Wildman–Crippen LogP) is 3.62. The normalized spacial score (nSPS) is 14.5. The molecule has 35 heavy (non-hydrogen) atoms. The van der Waals surface area contributed by atoms with Gasteiger partial charge in [-0.3, -0.25) is 19.3 Å². The van der Waals surface area contributed by atoms with E-state index in [9.17, 15) is 9.18 Å². The Morgan fingerprint density at radius 1 is 1.14 bits per heavy atom. The largest absolute Gasteiger partial charge is 0.366 e. The smallest absolute Gasteiger partial charge is 0.248 e. The highest BCUT2D eigenvalue weighted by atomic mass is 19.1. The van der Waals surface area contributed by atoms with Gasteiger partial charge in [-0.15, -0.1) is 0 Å². The first-order chi connectivity index (χ1) is 17.0. The van der Waals surface area contributed by atoms with Gasteiger partial charge in [0.15, 0.2) is 0 Å². The zero-order valence-corrected chi connectivity index (χ0v) is 19.4. The Labute approximate surface area is 202 Å². The van der Waals surface area contributed by atoms with Gasteiger partial charge in [0.05, 0.1) is 24.6 Å². The molecule has 1 fully saturated rings. The van der Waals surface area contributed by atoms with E-state index in [2.05, 4.69) is 20.1 Å². The van der Waals surface area contributed by atoms with E-state index in [1.165, 1.54) is 0 Å². The Balaban J connectivity index is 1.55. The molecule has 0 bridgehead atoms. The van der Waals surface area contributed by atoms with Crippen LogP contribution in [0.15, 0.2) is 48.8 Å². The van der Waals surface area contributed by atoms with Gasteiger partial charge in [-0.1, -0.05) is 12.1 Å². The summed E-state index contributed by atoms with van der Waals surface area (Å²) in [5.74, 6) is 0.309. The number of aryl methyl sites for hydroxylation is 1. The molecule has 0 spiro atoms. The summed E-state index contributed by atoms with van der Waals surface area (Å²) in [5.41, 5.74) is 16.9. The number of nitrogens with zero attached hydrogens (tertiary/aromatic N) is 4. The fourth-order valence-electron chi connectivity index (χ4n) is 4.60. The summed E-state index contributed by atoms with van der Waals surface area (Å²) in [5, 5.41) is 8.49. The van der Waals surface area contributed by atoms with E-state index in [0.717, 1.165) is 59.3 Å². The molecule has 2 aromatic heterocycles.